The molecule has 1 N–H and O–H groups in total. The highest BCUT2D eigenvalue weighted by atomic mass is 16.4. The van der Waals surface area contributed by atoms with Crippen molar-refractivity contribution in [2.45, 2.75) is 45.4 Å². The van der Waals surface area contributed by atoms with Gasteiger partial charge < -0.3 is 5.11 Å². The number of hydrogen-bond acceptors (Lipinski definition) is 1. The van der Waals surface area contributed by atoms with Gasteiger partial charge in [-0.05, 0) is 24.7 Å². The first kappa shape index (κ1) is 10.3. The van der Waals surface area contributed by atoms with Crippen molar-refractivity contribution in [1.29, 1.82) is 0 Å². The summed E-state index contributed by atoms with van der Waals surface area (Å²) in [5.74, 6) is -0.666. The van der Waals surface area contributed by atoms with E-state index in [1.165, 1.54) is 6.42 Å². The van der Waals surface area contributed by atoms with Crippen LogP contribution >= 0.6 is 0 Å². The van der Waals surface area contributed by atoms with Crippen LogP contribution in [0.15, 0.2) is 12.2 Å². The van der Waals surface area contributed by atoms with Gasteiger partial charge >= 0.3 is 5.97 Å². The third-order valence-corrected chi connectivity index (χ3v) is 2.78. The lowest BCUT2D eigenvalue weighted by molar-refractivity contribution is -0.140. The summed E-state index contributed by atoms with van der Waals surface area (Å²) >= 11 is 0. The van der Waals surface area contributed by atoms with Crippen LogP contribution in [0.5, 0.6) is 0 Å². The number of unbranched alkanes of at least 4 members (excludes halogenated alkanes) is 1. The predicted octanol–water partition coefficient (Wildman–Crippen LogP) is 2.99. The van der Waals surface area contributed by atoms with Crippen LogP contribution in [-0.2, 0) is 4.79 Å². The van der Waals surface area contributed by atoms with Crippen LogP contribution in [0.3, 0.4) is 0 Å². The van der Waals surface area contributed by atoms with Gasteiger partial charge in [-0.25, -0.2) is 0 Å². The molecule has 1 aliphatic carbocycles. The fourth-order valence-electron chi connectivity index (χ4n) is 1.83. The highest BCUT2D eigenvalue weighted by molar-refractivity contribution is 5.68. The van der Waals surface area contributed by atoms with Gasteiger partial charge in [-0.1, -0.05) is 31.9 Å². The second-order valence-corrected chi connectivity index (χ2v) is 3.98. The summed E-state index contributed by atoms with van der Waals surface area (Å²) in [6, 6.07) is 0. The minimum absolute atomic E-state index is 0.0149. The lowest BCUT2D eigenvalue weighted by Gasteiger charge is -2.38. The first-order chi connectivity index (χ1) is 6.18. The van der Waals surface area contributed by atoms with Gasteiger partial charge in [0.1, 0.15) is 0 Å². The molecule has 0 atom stereocenters. The Labute approximate surface area is 79.6 Å². The molecule has 13 heavy (non-hydrogen) atoms. The third kappa shape index (κ3) is 2.87. The number of carboxylic acid groups (broad SMARTS) is 1. The van der Waals surface area contributed by atoms with E-state index in [9.17, 15) is 4.79 Å². The Bertz CT molecular complexity index is 202. The summed E-state index contributed by atoms with van der Waals surface area (Å²) in [5.41, 5.74) is 0.0149. The fourth-order valence-corrected chi connectivity index (χ4v) is 1.83. The number of aliphatic carboxylic acids is 1. The summed E-state index contributed by atoms with van der Waals surface area (Å²) in [6.45, 7) is 2.13. The van der Waals surface area contributed by atoms with Gasteiger partial charge in [0.2, 0.25) is 0 Å². The van der Waals surface area contributed by atoms with Gasteiger partial charge in [0.25, 0.3) is 0 Å². The minimum Gasteiger partial charge on any atom is -0.481 e. The van der Waals surface area contributed by atoms with Crippen molar-refractivity contribution in [2.75, 3.05) is 0 Å². The minimum atomic E-state index is -0.666. The zero-order valence-electron chi connectivity index (χ0n) is 8.25. The van der Waals surface area contributed by atoms with Gasteiger partial charge in [0, 0.05) is 0 Å². The molecule has 74 valence electrons. The molecule has 1 aliphatic rings. The Morgan fingerprint density at radius 2 is 2.23 bits per heavy atom. The van der Waals surface area contributed by atoms with Gasteiger partial charge in [-0.3, -0.25) is 4.79 Å². The van der Waals surface area contributed by atoms with Crippen LogP contribution in [-0.4, -0.2) is 11.1 Å². The molecule has 2 heteroatoms. The maximum atomic E-state index is 10.6. The Morgan fingerprint density at radius 3 is 2.62 bits per heavy atom. The van der Waals surface area contributed by atoms with Gasteiger partial charge in [0.15, 0.2) is 0 Å². The molecule has 0 aromatic heterocycles. The lowest BCUT2D eigenvalue weighted by atomic mass is 9.66. The molecule has 0 radical (unpaired) electrons. The van der Waals surface area contributed by atoms with Crippen molar-refractivity contribution in [3.05, 3.63) is 12.2 Å². The van der Waals surface area contributed by atoms with E-state index in [0.717, 1.165) is 25.7 Å². The Balaban J connectivity index is 2.44. The van der Waals surface area contributed by atoms with Gasteiger partial charge in [0.05, 0.1) is 6.42 Å². The second kappa shape index (κ2) is 4.45. The number of carbonyl (C=O) groups is 1. The third-order valence-electron chi connectivity index (χ3n) is 2.78. The van der Waals surface area contributed by atoms with Crippen LogP contribution in [0.4, 0.5) is 0 Å². The average molecular weight is 182 g/mol. The first-order valence-electron chi connectivity index (χ1n) is 5.08. The zero-order valence-corrected chi connectivity index (χ0v) is 8.25. The maximum absolute atomic E-state index is 10.6. The number of carboxylic acids is 1. The monoisotopic (exact) mass is 182 g/mol. The van der Waals surface area contributed by atoms with Crippen molar-refractivity contribution >= 4 is 5.97 Å². The van der Waals surface area contributed by atoms with E-state index in [2.05, 4.69) is 19.1 Å². The van der Waals surface area contributed by atoms with E-state index < -0.39 is 5.97 Å². The quantitative estimate of drug-likeness (QED) is 0.664. The molecular formula is C11H18O2. The number of rotatable bonds is 5. The zero-order chi connectivity index (χ0) is 9.73. The molecule has 0 spiro atoms. The highest BCUT2D eigenvalue weighted by Crippen LogP contribution is 2.45. The van der Waals surface area contributed by atoms with Crippen molar-refractivity contribution in [3.8, 4) is 0 Å². The van der Waals surface area contributed by atoms with Crippen LogP contribution in [0.2, 0.25) is 0 Å². The Morgan fingerprint density at radius 1 is 1.54 bits per heavy atom. The van der Waals surface area contributed by atoms with Gasteiger partial charge in [-0.15, -0.1) is 0 Å². The predicted molar refractivity (Wildman–Crippen MR) is 52.6 cm³/mol. The Hall–Kier alpha value is -0.790. The van der Waals surface area contributed by atoms with E-state index in [0.29, 0.717) is 6.42 Å². The van der Waals surface area contributed by atoms with Crippen molar-refractivity contribution < 1.29 is 9.90 Å². The fraction of sp³-hybridized carbons (Fsp3) is 0.727. The van der Waals surface area contributed by atoms with Crippen molar-refractivity contribution in [2.24, 2.45) is 5.41 Å². The van der Waals surface area contributed by atoms with Crippen LogP contribution in [0.1, 0.15) is 45.4 Å². The Kier molecular flexibility index (Phi) is 3.52. The van der Waals surface area contributed by atoms with E-state index in [-0.39, 0.29) is 5.41 Å². The smallest absolute Gasteiger partial charge is 0.304 e. The highest BCUT2D eigenvalue weighted by Gasteiger charge is 2.36. The molecule has 0 aliphatic heterocycles. The van der Waals surface area contributed by atoms with Crippen LogP contribution in [0, 0.1) is 5.41 Å². The molecule has 1 rings (SSSR count). The molecule has 0 unspecified atom stereocenters. The molecule has 0 bridgehead atoms. The SMILES string of the molecule is CCC/C=C/C1(CC(=O)O)CCC1. The second-order valence-electron chi connectivity index (χ2n) is 3.98. The average Bonchev–Trinajstić information content (AvgIpc) is 1.99. The van der Waals surface area contributed by atoms with E-state index in [1.54, 1.807) is 0 Å². The molecule has 1 saturated carbocycles. The molecule has 0 saturated heterocycles. The molecule has 2 nitrogen and oxygen atoms in total. The van der Waals surface area contributed by atoms with Crippen molar-refractivity contribution in [1.82, 2.24) is 0 Å². The van der Waals surface area contributed by atoms with E-state index in [1.807, 2.05) is 0 Å². The van der Waals surface area contributed by atoms with Gasteiger partial charge in [-0.2, -0.15) is 0 Å². The van der Waals surface area contributed by atoms with Crippen molar-refractivity contribution in [3.63, 3.8) is 0 Å². The van der Waals surface area contributed by atoms with Crippen LogP contribution in [0.25, 0.3) is 0 Å². The summed E-state index contributed by atoms with van der Waals surface area (Å²) in [7, 11) is 0. The number of hydrogen-bond donors (Lipinski definition) is 1. The summed E-state index contributed by atoms with van der Waals surface area (Å²) in [4.78, 5) is 10.6. The molecule has 0 amide bonds. The molecule has 0 aromatic rings. The number of allylic oxidation sites excluding steroid dienone is 2. The van der Waals surface area contributed by atoms with E-state index in [4.69, 9.17) is 5.11 Å². The maximum Gasteiger partial charge on any atom is 0.304 e. The summed E-state index contributed by atoms with van der Waals surface area (Å²) < 4.78 is 0. The largest absolute Gasteiger partial charge is 0.481 e. The summed E-state index contributed by atoms with van der Waals surface area (Å²) in [6.07, 6.45) is 10.1. The standard InChI is InChI=1S/C11H18O2/c1-2-3-4-6-11(7-5-8-11)9-10(12)13/h4,6H,2-3,5,7-9H2,1H3,(H,12,13)/b6-4+. The molecule has 0 heterocycles. The summed E-state index contributed by atoms with van der Waals surface area (Å²) in [5, 5.41) is 8.74. The first-order valence-corrected chi connectivity index (χ1v) is 5.08. The molecule has 1 fully saturated rings. The normalized spacial score (nSPS) is 20.1. The molecule has 0 aromatic carbocycles. The lowest BCUT2D eigenvalue weighted by Crippen LogP contribution is -2.29. The van der Waals surface area contributed by atoms with E-state index >= 15 is 0 Å². The topological polar surface area (TPSA) is 37.3 Å². The molecular weight excluding hydrogens is 164 g/mol. The van der Waals surface area contributed by atoms with Crippen LogP contribution < -0.4 is 0 Å².